The highest BCUT2D eigenvalue weighted by Gasteiger charge is 2.28. The van der Waals surface area contributed by atoms with Crippen molar-refractivity contribution in [1.29, 1.82) is 10.5 Å². The third-order valence-corrected chi connectivity index (χ3v) is 8.14. The van der Waals surface area contributed by atoms with Crippen LogP contribution in [0.4, 0.5) is 11.4 Å². The fraction of sp³-hybridized carbons (Fsp3) is 0.233. The third-order valence-electron chi connectivity index (χ3n) is 6.91. The molecule has 0 radical (unpaired) electrons. The minimum atomic E-state index is -1.55. The molecule has 5 aromatic rings. The minimum absolute atomic E-state index is 0.0486. The van der Waals surface area contributed by atoms with E-state index in [0.29, 0.717) is 55.0 Å². The summed E-state index contributed by atoms with van der Waals surface area (Å²) in [6.07, 6.45) is 6.17. The van der Waals surface area contributed by atoms with E-state index in [1.165, 1.54) is 17.5 Å². The highest BCUT2D eigenvalue weighted by molar-refractivity contribution is 7.10. The van der Waals surface area contributed by atoms with Crippen molar-refractivity contribution in [1.82, 2.24) is 20.0 Å². The maximum absolute atomic E-state index is 9.98. The number of benzene rings is 2. The molecule has 2 N–H and O–H groups in total. The summed E-state index contributed by atoms with van der Waals surface area (Å²) in [7, 11) is 0. The van der Waals surface area contributed by atoms with Gasteiger partial charge in [-0.2, -0.15) is 10.5 Å². The van der Waals surface area contributed by atoms with E-state index in [9.17, 15) is 11.9 Å². The van der Waals surface area contributed by atoms with Crippen molar-refractivity contribution in [2.45, 2.75) is 44.3 Å². The number of hydrogen-bond acceptors (Lipinski definition) is 8. The van der Waals surface area contributed by atoms with Gasteiger partial charge >= 0.3 is 0 Å². The first-order chi connectivity index (χ1) is 19.9. The number of nitriles is 2. The van der Waals surface area contributed by atoms with Gasteiger partial charge in [0.15, 0.2) is 0 Å². The van der Waals surface area contributed by atoms with E-state index in [0.717, 1.165) is 24.8 Å². The van der Waals surface area contributed by atoms with Crippen molar-refractivity contribution in [2.24, 2.45) is 0 Å². The quantitative estimate of drug-likeness (QED) is 0.191. The van der Waals surface area contributed by atoms with Crippen LogP contribution in [0, 0.1) is 22.7 Å². The third kappa shape index (κ3) is 5.10. The molecule has 1 aliphatic rings. The Labute approximate surface area is 242 Å². The number of pyridine rings is 1. The average molecular weight is 566 g/mol. The second-order valence-electron chi connectivity index (χ2n) is 9.66. The Balaban J connectivity index is 1.46. The number of thiophene rings is 1. The largest absolute Gasteiger partial charge is 0.377 e. The molecule has 0 aliphatic heterocycles. The molecule has 1 fully saturated rings. The van der Waals surface area contributed by atoms with Crippen molar-refractivity contribution in [3.8, 4) is 12.1 Å². The van der Waals surface area contributed by atoms with E-state index in [1.54, 1.807) is 28.4 Å². The zero-order valence-corrected chi connectivity index (χ0v) is 23.2. The molecule has 1 aliphatic carbocycles. The molecule has 3 aromatic heterocycles. The molecule has 10 heteroatoms. The molecule has 40 heavy (non-hydrogen) atoms. The standard InChI is InChI=1S/C30H25ClN8S/c1-2-25(19-6-4-3-5-7-19)36-28-20(14-33)15-34-29-23(28)11-21(12-24(29)31)35-30(27-10-18(13-32)17-40-27)26-16-39(38-37-26)22-8-9-22/h3-7,10-12,15-17,22,25,30,35H,2,8-9H2,1H3,(H,34,36)/t25-,30?/m1/s1/i30D. The number of nitrogens with zero attached hydrogens (tertiary/aromatic N) is 6. The molecule has 0 bridgehead atoms. The van der Waals surface area contributed by atoms with Gasteiger partial charge < -0.3 is 10.6 Å². The van der Waals surface area contributed by atoms with Crippen molar-refractivity contribution in [3.63, 3.8) is 0 Å². The predicted molar refractivity (Wildman–Crippen MR) is 157 cm³/mol. The fourth-order valence-corrected chi connectivity index (χ4v) is 5.79. The van der Waals surface area contributed by atoms with Gasteiger partial charge in [0.1, 0.15) is 23.9 Å². The van der Waals surface area contributed by atoms with Crippen LogP contribution < -0.4 is 10.6 Å². The van der Waals surface area contributed by atoms with E-state index >= 15 is 0 Å². The summed E-state index contributed by atoms with van der Waals surface area (Å²) in [5, 5.41) is 37.7. The Morgan fingerprint density at radius 2 is 2.00 bits per heavy atom. The first kappa shape index (κ1) is 24.6. The zero-order valence-electron chi connectivity index (χ0n) is 22.6. The minimum Gasteiger partial charge on any atom is -0.377 e. The van der Waals surface area contributed by atoms with Gasteiger partial charge in [-0.1, -0.05) is 54.1 Å². The Bertz CT molecular complexity index is 1820. The molecule has 198 valence electrons. The van der Waals surface area contributed by atoms with Gasteiger partial charge in [-0.05, 0) is 43.0 Å². The second-order valence-corrected chi connectivity index (χ2v) is 11.0. The molecule has 0 amide bonds. The van der Waals surface area contributed by atoms with Gasteiger partial charge in [-0.25, -0.2) is 4.68 Å². The lowest BCUT2D eigenvalue weighted by Crippen LogP contribution is -2.13. The van der Waals surface area contributed by atoms with E-state index in [2.05, 4.69) is 57.1 Å². The van der Waals surface area contributed by atoms with Crippen LogP contribution in [0.15, 0.2) is 66.3 Å². The number of nitrogens with one attached hydrogen (secondary N) is 2. The van der Waals surface area contributed by atoms with Gasteiger partial charge in [-0.3, -0.25) is 4.98 Å². The second kappa shape index (κ2) is 11.0. The highest BCUT2D eigenvalue weighted by atomic mass is 35.5. The molecule has 1 saturated carbocycles. The van der Waals surface area contributed by atoms with E-state index in [-0.39, 0.29) is 6.04 Å². The summed E-state index contributed by atoms with van der Waals surface area (Å²) < 4.78 is 11.4. The Morgan fingerprint density at radius 1 is 1.18 bits per heavy atom. The molecular weight excluding hydrogens is 540 g/mol. The Kier molecular flexibility index (Phi) is 6.75. The van der Waals surface area contributed by atoms with Crippen LogP contribution in [-0.4, -0.2) is 20.0 Å². The lowest BCUT2D eigenvalue weighted by Gasteiger charge is -2.22. The smallest absolute Gasteiger partial charge is 0.110 e. The van der Waals surface area contributed by atoms with Gasteiger partial charge in [-0.15, -0.1) is 16.4 Å². The molecule has 0 saturated heterocycles. The molecule has 2 aromatic carbocycles. The lowest BCUT2D eigenvalue weighted by molar-refractivity contribution is 0.610. The van der Waals surface area contributed by atoms with Gasteiger partial charge in [0.25, 0.3) is 0 Å². The molecule has 6 rings (SSSR count). The Morgan fingerprint density at radius 3 is 2.70 bits per heavy atom. The van der Waals surface area contributed by atoms with Crippen LogP contribution in [0.1, 0.15) is 72.9 Å². The Hall–Kier alpha value is -4.44. The van der Waals surface area contributed by atoms with Crippen molar-refractivity contribution >= 4 is 45.2 Å². The normalized spacial score (nSPS) is 15.4. The predicted octanol–water partition coefficient (Wildman–Crippen LogP) is 7.38. The fourth-order valence-electron chi connectivity index (χ4n) is 4.68. The first-order valence-electron chi connectivity index (χ1n) is 13.5. The average Bonchev–Trinajstić information content (AvgIpc) is 3.50. The van der Waals surface area contributed by atoms with Gasteiger partial charge in [0.05, 0.1) is 47.0 Å². The zero-order chi connectivity index (χ0) is 28.6. The molecule has 8 nitrogen and oxygen atoms in total. The number of anilines is 2. The van der Waals surface area contributed by atoms with Crippen LogP contribution in [0.2, 0.25) is 5.02 Å². The highest BCUT2D eigenvalue weighted by Crippen LogP contribution is 2.39. The van der Waals surface area contributed by atoms with Crippen LogP contribution in [0.25, 0.3) is 10.9 Å². The van der Waals surface area contributed by atoms with Crippen molar-refractivity contribution in [3.05, 3.63) is 98.6 Å². The van der Waals surface area contributed by atoms with Crippen molar-refractivity contribution in [2.75, 3.05) is 10.6 Å². The summed E-state index contributed by atoms with van der Waals surface area (Å²) in [5.74, 6) is 0. The number of hydrogen-bond donors (Lipinski definition) is 2. The maximum Gasteiger partial charge on any atom is 0.110 e. The van der Waals surface area contributed by atoms with Crippen LogP contribution in [-0.2, 0) is 0 Å². The number of rotatable bonds is 9. The van der Waals surface area contributed by atoms with Gasteiger partial charge in [0.2, 0.25) is 0 Å². The summed E-state index contributed by atoms with van der Waals surface area (Å²) in [5.41, 5.74) is 4.06. The van der Waals surface area contributed by atoms with E-state index < -0.39 is 6.02 Å². The molecule has 0 spiro atoms. The van der Waals surface area contributed by atoms with Gasteiger partial charge in [0, 0.05) is 27.5 Å². The molecule has 3 heterocycles. The molecule has 1 unspecified atom stereocenters. The lowest BCUT2D eigenvalue weighted by atomic mass is 10.0. The molecular formula is C30H25ClN8S. The van der Waals surface area contributed by atoms with Crippen LogP contribution >= 0.6 is 22.9 Å². The van der Waals surface area contributed by atoms with Crippen molar-refractivity contribution < 1.29 is 1.37 Å². The number of halogens is 1. The summed E-state index contributed by atoms with van der Waals surface area (Å²) >= 11 is 8.08. The number of aromatic nitrogens is 4. The SMILES string of the molecule is [2H]C(Nc1cc(Cl)c2ncc(C#N)c(N[C@H](CC)c3ccccc3)c2c1)(c1cn(C2CC2)nn1)c1cc(C#N)cs1. The molecule has 2 atom stereocenters. The summed E-state index contributed by atoms with van der Waals surface area (Å²) in [6.45, 7) is 2.08. The van der Waals surface area contributed by atoms with E-state index in [1.807, 2.05) is 24.3 Å². The summed E-state index contributed by atoms with van der Waals surface area (Å²) in [4.78, 5) is 5.08. The maximum atomic E-state index is 9.98. The number of fused-ring (bicyclic) bond motifs is 1. The monoisotopic (exact) mass is 565 g/mol. The first-order valence-corrected chi connectivity index (χ1v) is 14.2. The topological polar surface area (TPSA) is 115 Å². The van der Waals surface area contributed by atoms with E-state index in [4.69, 9.17) is 11.6 Å². The van der Waals surface area contributed by atoms with Crippen LogP contribution in [0.3, 0.4) is 0 Å². The van der Waals surface area contributed by atoms with Crippen LogP contribution in [0.5, 0.6) is 0 Å². The summed E-state index contributed by atoms with van der Waals surface area (Å²) in [6, 6.07) is 18.4.